The van der Waals surface area contributed by atoms with Crippen molar-refractivity contribution in [2.75, 3.05) is 0 Å². The summed E-state index contributed by atoms with van der Waals surface area (Å²) in [5.41, 5.74) is -0.163. The molecule has 2 N–H and O–H groups in total. The van der Waals surface area contributed by atoms with Gasteiger partial charge in [-0.3, -0.25) is 4.79 Å². The molecule has 152 valence electrons. The molecule has 4 aromatic rings. The Bertz CT molecular complexity index is 1280. The first-order chi connectivity index (χ1) is 14.4. The third-order valence-corrected chi connectivity index (χ3v) is 6.13. The lowest BCUT2D eigenvalue weighted by molar-refractivity contribution is -0.991. The largest absolute Gasteiger partial charge is 0.595 e. The minimum absolute atomic E-state index is 0.0117. The topological polar surface area (TPSA) is 138 Å². The Kier molecular flexibility index (Phi) is 5.06. The maximum absolute atomic E-state index is 13.4. The van der Waals surface area contributed by atoms with E-state index in [1.807, 2.05) is 0 Å². The summed E-state index contributed by atoms with van der Waals surface area (Å²) >= 11 is 0. The second-order valence-corrected chi connectivity index (χ2v) is 8.08. The summed E-state index contributed by atoms with van der Waals surface area (Å²) in [4.78, 5) is 12.4. The maximum atomic E-state index is 13.4. The van der Waals surface area contributed by atoms with Gasteiger partial charge in [-0.05, 0) is 36.4 Å². The number of furan rings is 1. The van der Waals surface area contributed by atoms with Crippen LogP contribution in [0.4, 0.5) is 5.69 Å². The van der Waals surface area contributed by atoms with Gasteiger partial charge in [0.05, 0.1) is 11.2 Å². The summed E-state index contributed by atoms with van der Waals surface area (Å²) in [5, 5.41) is 22.8. The molecule has 0 radical (unpaired) electrons. The average molecular weight is 426 g/mol. The van der Waals surface area contributed by atoms with Crippen molar-refractivity contribution in [2.24, 2.45) is 0 Å². The molecule has 0 aliphatic heterocycles. The summed E-state index contributed by atoms with van der Waals surface area (Å²) in [6.07, 6.45) is 1.28. The summed E-state index contributed by atoms with van der Waals surface area (Å²) < 4.78 is 37.1. The van der Waals surface area contributed by atoms with Gasteiger partial charge < -0.3 is 14.1 Å². The van der Waals surface area contributed by atoms with Gasteiger partial charge >= 0.3 is 0 Å². The molecule has 0 spiro atoms. The Balaban J connectivity index is 1.93. The number of carbonyl (C=O) groups is 1. The van der Waals surface area contributed by atoms with Gasteiger partial charge in [-0.2, -0.15) is 5.23 Å². The van der Waals surface area contributed by atoms with Crippen LogP contribution in [0.1, 0.15) is 16.2 Å². The number of hydrogen-bond donors (Lipinski definition) is 2. The van der Waals surface area contributed by atoms with Crippen LogP contribution < -0.4 is 5.23 Å². The van der Waals surface area contributed by atoms with E-state index in [-0.39, 0.29) is 27.7 Å². The van der Waals surface area contributed by atoms with Crippen molar-refractivity contribution in [3.8, 4) is 11.3 Å². The first-order valence-corrected chi connectivity index (χ1v) is 10.1. The number of hydrogen-bond acceptors (Lipinski definition) is 8. The van der Waals surface area contributed by atoms with E-state index in [0.717, 1.165) is 0 Å². The lowest BCUT2D eigenvalue weighted by Gasteiger charge is -2.11. The van der Waals surface area contributed by atoms with E-state index in [2.05, 4.69) is 5.16 Å². The number of carbonyl (C=O) groups excluding carboxylic acids is 1. The Morgan fingerprint density at radius 3 is 2.30 bits per heavy atom. The zero-order valence-electron chi connectivity index (χ0n) is 15.2. The number of ketones is 1. The zero-order valence-corrected chi connectivity index (χ0v) is 16.0. The van der Waals surface area contributed by atoms with Crippen molar-refractivity contribution in [3.05, 3.63) is 89.7 Å². The number of rotatable bonds is 6. The predicted octanol–water partition coefficient (Wildman–Crippen LogP) is 2.40. The number of quaternary nitrogens is 1. The second-order valence-electron chi connectivity index (χ2n) is 6.19. The molecular formula is C20H14N2O7S. The van der Waals surface area contributed by atoms with Gasteiger partial charge in [0.15, 0.2) is 27.8 Å². The molecule has 0 aliphatic carbocycles. The summed E-state index contributed by atoms with van der Waals surface area (Å²) in [6, 6.07) is 15.8. The Morgan fingerprint density at radius 1 is 1.00 bits per heavy atom. The van der Waals surface area contributed by atoms with E-state index in [1.54, 1.807) is 18.2 Å². The van der Waals surface area contributed by atoms with Crippen LogP contribution in [0.15, 0.2) is 91.7 Å². The molecule has 1 atom stereocenters. The highest BCUT2D eigenvalue weighted by atomic mass is 32.2. The molecule has 30 heavy (non-hydrogen) atoms. The molecule has 10 heteroatoms. The highest BCUT2D eigenvalue weighted by Gasteiger charge is 2.35. The average Bonchev–Trinajstić information content (AvgIpc) is 3.44. The standard InChI is InChI=1S/C20H14N2O7S/c23-18(16-7-4-12-28-16)17-20(30(26,27)15-5-2-1-3-6-15)19(29-21-17)13-8-10-14(11-9-13)22(24)25/h1-12,22,24H. The van der Waals surface area contributed by atoms with Crippen molar-refractivity contribution in [2.45, 2.75) is 9.79 Å². The highest BCUT2D eigenvalue weighted by Crippen LogP contribution is 2.35. The smallest absolute Gasteiger partial charge is 0.251 e. The maximum Gasteiger partial charge on any atom is 0.251 e. The normalized spacial score (nSPS) is 12.6. The van der Waals surface area contributed by atoms with Gasteiger partial charge in [-0.15, -0.1) is 0 Å². The molecule has 2 aromatic carbocycles. The molecule has 0 bridgehead atoms. The van der Waals surface area contributed by atoms with Crippen molar-refractivity contribution in [1.29, 1.82) is 0 Å². The van der Waals surface area contributed by atoms with Gasteiger partial charge in [-0.25, -0.2) is 13.6 Å². The SMILES string of the molecule is O=C(c1ccco1)c1noc(-c2ccc([NH+]([O-])O)cc2)c1S(=O)(=O)c1ccccc1. The third kappa shape index (κ3) is 3.44. The Morgan fingerprint density at radius 2 is 1.70 bits per heavy atom. The van der Waals surface area contributed by atoms with Gasteiger partial charge in [0.1, 0.15) is 0 Å². The third-order valence-electron chi connectivity index (χ3n) is 4.33. The van der Waals surface area contributed by atoms with Crippen molar-refractivity contribution >= 4 is 21.3 Å². The molecular weight excluding hydrogens is 412 g/mol. The number of aromatic nitrogens is 1. The van der Waals surface area contributed by atoms with Crippen LogP contribution in [-0.2, 0) is 9.84 Å². The molecule has 0 amide bonds. The molecule has 0 fully saturated rings. The summed E-state index contributed by atoms with van der Waals surface area (Å²) in [6.45, 7) is 0. The van der Waals surface area contributed by atoms with Crippen LogP contribution >= 0.6 is 0 Å². The second kappa shape index (κ2) is 7.69. The molecule has 4 rings (SSSR count). The van der Waals surface area contributed by atoms with Gasteiger partial charge in [0.25, 0.3) is 5.78 Å². The van der Waals surface area contributed by atoms with Crippen LogP contribution in [0.2, 0.25) is 0 Å². The molecule has 0 aliphatic rings. The van der Waals surface area contributed by atoms with E-state index >= 15 is 0 Å². The fraction of sp³-hybridized carbons (Fsp3) is 0. The van der Waals surface area contributed by atoms with Gasteiger partial charge in [0.2, 0.25) is 9.84 Å². The fourth-order valence-electron chi connectivity index (χ4n) is 2.87. The van der Waals surface area contributed by atoms with Crippen LogP contribution in [0.5, 0.6) is 0 Å². The van der Waals surface area contributed by atoms with E-state index in [1.165, 1.54) is 54.8 Å². The fourth-order valence-corrected chi connectivity index (χ4v) is 4.40. The first kappa shape index (κ1) is 19.7. The lowest BCUT2D eigenvalue weighted by atomic mass is 10.1. The number of nitrogens with one attached hydrogen (secondary N) is 1. The molecule has 2 heterocycles. The Hall–Kier alpha value is -3.57. The number of sulfone groups is 1. The number of benzene rings is 2. The molecule has 9 nitrogen and oxygen atoms in total. The molecule has 0 saturated carbocycles. The van der Waals surface area contributed by atoms with Gasteiger partial charge in [-0.1, -0.05) is 23.4 Å². The monoisotopic (exact) mass is 426 g/mol. The Labute approximate surface area is 170 Å². The zero-order chi connectivity index (χ0) is 21.3. The van der Waals surface area contributed by atoms with Crippen LogP contribution in [0.25, 0.3) is 11.3 Å². The number of nitrogens with zero attached hydrogens (tertiary/aromatic N) is 1. The van der Waals surface area contributed by atoms with Crippen molar-refractivity contribution < 1.29 is 32.6 Å². The quantitative estimate of drug-likeness (QED) is 0.354. The van der Waals surface area contributed by atoms with Crippen LogP contribution in [-0.4, -0.2) is 24.6 Å². The van der Waals surface area contributed by atoms with E-state index in [4.69, 9.17) is 14.1 Å². The van der Waals surface area contributed by atoms with Crippen molar-refractivity contribution in [1.82, 2.24) is 5.16 Å². The predicted molar refractivity (Wildman–Crippen MR) is 102 cm³/mol. The summed E-state index contributed by atoms with van der Waals surface area (Å²) in [5.74, 6) is -1.03. The van der Waals surface area contributed by atoms with Crippen LogP contribution in [0, 0.1) is 5.21 Å². The van der Waals surface area contributed by atoms with Crippen LogP contribution in [0.3, 0.4) is 0 Å². The molecule has 2 aromatic heterocycles. The molecule has 1 unspecified atom stereocenters. The first-order valence-electron chi connectivity index (χ1n) is 8.61. The van der Waals surface area contributed by atoms with E-state index < -0.39 is 31.4 Å². The minimum atomic E-state index is -4.20. The van der Waals surface area contributed by atoms with Crippen molar-refractivity contribution in [3.63, 3.8) is 0 Å². The van der Waals surface area contributed by atoms with E-state index in [9.17, 15) is 18.4 Å². The van der Waals surface area contributed by atoms with E-state index in [0.29, 0.717) is 0 Å². The summed E-state index contributed by atoms with van der Waals surface area (Å²) in [7, 11) is -4.20. The lowest BCUT2D eigenvalue weighted by Crippen LogP contribution is -2.99. The molecule has 0 saturated heterocycles. The minimum Gasteiger partial charge on any atom is -0.595 e. The van der Waals surface area contributed by atoms with Gasteiger partial charge in [0, 0.05) is 17.7 Å². The highest BCUT2D eigenvalue weighted by molar-refractivity contribution is 7.91.